The standard InChI is InChI=1S/C3H8BNO/c1-3(2-6)5-4/h2-3,5H,4H2,1H3/t3-/m0/s1. The van der Waals surface area contributed by atoms with Gasteiger partial charge in [-0.25, -0.2) is 0 Å². The Labute approximate surface area is 38.4 Å². The van der Waals surface area contributed by atoms with Crippen LogP contribution in [0, 0.1) is 0 Å². The van der Waals surface area contributed by atoms with Gasteiger partial charge in [-0.15, -0.1) is 0 Å². The normalized spacial score (nSPS) is 13.5. The van der Waals surface area contributed by atoms with Crippen molar-refractivity contribution >= 4 is 14.3 Å². The van der Waals surface area contributed by atoms with E-state index in [0.29, 0.717) is 0 Å². The molecular weight excluding hydrogens is 76.9 g/mol. The van der Waals surface area contributed by atoms with Crippen molar-refractivity contribution < 1.29 is 4.79 Å². The van der Waals surface area contributed by atoms with Gasteiger partial charge < -0.3 is 10.0 Å². The zero-order valence-electron chi connectivity index (χ0n) is 4.06. The summed E-state index contributed by atoms with van der Waals surface area (Å²) in [6.07, 6.45) is 0.861. The average Bonchev–Trinajstić information content (AvgIpc) is 1.65. The molecule has 0 aromatic carbocycles. The van der Waals surface area contributed by atoms with Gasteiger partial charge in [0.05, 0.1) is 0 Å². The van der Waals surface area contributed by atoms with Crippen molar-refractivity contribution in [3.8, 4) is 0 Å². The summed E-state index contributed by atoms with van der Waals surface area (Å²) < 4.78 is 0. The molecule has 0 saturated heterocycles. The molecule has 0 unspecified atom stereocenters. The van der Waals surface area contributed by atoms with Crippen LogP contribution in [0.4, 0.5) is 0 Å². The summed E-state index contributed by atoms with van der Waals surface area (Å²) in [6, 6.07) is 0.00463. The number of carbonyl (C=O) groups excluding carboxylic acids is 1. The first-order valence-electron chi connectivity index (χ1n) is 1.94. The van der Waals surface area contributed by atoms with Crippen LogP contribution in [0.5, 0.6) is 0 Å². The monoisotopic (exact) mass is 85.1 g/mol. The first-order chi connectivity index (χ1) is 2.81. The van der Waals surface area contributed by atoms with E-state index in [-0.39, 0.29) is 6.04 Å². The Morgan fingerprint density at radius 3 is 2.50 bits per heavy atom. The molecule has 1 N–H and O–H groups in total. The van der Waals surface area contributed by atoms with Crippen molar-refractivity contribution in [2.24, 2.45) is 0 Å². The van der Waals surface area contributed by atoms with E-state index in [1.165, 1.54) is 0 Å². The highest BCUT2D eigenvalue weighted by molar-refractivity contribution is 6.05. The van der Waals surface area contributed by atoms with Gasteiger partial charge >= 0.3 is 0 Å². The van der Waals surface area contributed by atoms with E-state index in [1.807, 2.05) is 0 Å². The van der Waals surface area contributed by atoms with Gasteiger partial charge in [-0.05, 0) is 6.92 Å². The molecule has 0 aromatic rings. The number of nitrogens with one attached hydrogen (secondary N) is 1. The van der Waals surface area contributed by atoms with Crippen molar-refractivity contribution in [3.05, 3.63) is 0 Å². The van der Waals surface area contributed by atoms with Gasteiger partial charge in [0, 0.05) is 6.04 Å². The molecule has 0 aliphatic carbocycles. The van der Waals surface area contributed by atoms with Gasteiger partial charge in [0.25, 0.3) is 0 Å². The molecule has 3 heteroatoms. The number of hydrogen-bond donors (Lipinski definition) is 1. The third-order valence-corrected chi connectivity index (χ3v) is 0.659. The van der Waals surface area contributed by atoms with Crippen LogP contribution in [0.2, 0.25) is 0 Å². The molecule has 0 saturated carbocycles. The van der Waals surface area contributed by atoms with Crippen molar-refractivity contribution in [3.63, 3.8) is 0 Å². The third kappa shape index (κ3) is 1.97. The number of aldehydes is 1. The molecule has 0 spiro atoms. The van der Waals surface area contributed by atoms with Crippen LogP contribution in [0.1, 0.15) is 6.92 Å². The zero-order valence-corrected chi connectivity index (χ0v) is 4.06. The third-order valence-electron chi connectivity index (χ3n) is 0.659. The first kappa shape index (κ1) is 5.69. The van der Waals surface area contributed by atoms with Gasteiger partial charge in [0.1, 0.15) is 6.29 Å². The van der Waals surface area contributed by atoms with Gasteiger partial charge in [0.15, 0.2) is 7.98 Å². The molecule has 2 nitrogen and oxygen atoms in total. The number of hydrogen-bond acceptors (Lipinski definition) is 2. The highest BCUT2D eigenvalue weighted by Gasteiger charge is 1.86. The smallest absolute Gasteiger partial charge is 0.182 e. The van der Waals surface area contributed by atoms with E-state index >= 15 is 0 Å². The van der Waals surface area contributed by atoms with E-state index in [1.54, 1.807) is 14.9 Å². The maximum atomic E-state index is 9.67. The number of rotatable bonds is 2. The van der Waals surface area contributed by atoms with Crippen LogP contribution in [0.3, 0.4) is 0 Å². The van der Waals surface area contributed by atoms with Crippen molar-refractivity contribution in [2.75, 3.05) is 0 Å². The molecule has 0 bridgehead atoms. The molecule has 0 radical (unpaired) electrons. The summed E-state index contributed by atoms with van der Waals surface area (Å²) >= 11 is 0. The van der Waals surface area contributed by atoms with Gasteiger partial charge in [-0.3, -0.25) is 0 Å². The van der Waals surface area contributed by atoms with Gasteiger partial charge in [-0.1, -0.05) is 0 Å². The molecule has 0 aromatic heterocycles. The SMILES string of the molecule is BN[C@@H](C)C=O. The summed E-state index contributed by atoms with van der Waals surface area (Å²) in [6.45, 7) is 1.80. The Morgan fingerprint density at radius 2 is 2.50 bits per heavy atom. The highest BCUT2D eigenvalue weighted by Crippen LogP contribution is 1.63. The van der Waals surface area contributed by atoms with Gasteiger partial charge in [-0.2, -0.15) is 0 Å². The quantitative estimate of drug-likeness (QED) is 0.334. The lowest BCUT2D eigenvalue weighted by molar-refractivity contribution is -0.108. The molecule has 34 valence electrons. The molecule has 0 rings (SSSR count). The topological polar surface area (TPSA) is 29.1 Å². The predicted octanol–water partition coefficient (Wildman–Crippen LogP) is -1.29. The fourth-order valence-corrected chi connectivity index (χ4v) is 0.0680. The van der Waals surface area contributed by atoms with Crippen LogP contribution in [-0.4, -0.2) is 20.3 Å². The molecule has 6 heavy (non-hydrogen) atoms. The van der Waals surface area contributed by atoms with Crippen LogP contribution in [0.25, 0.3) is 0 Å². The van der Waals surface area contributed by atoms with E-state index in [9.17, 15) is 4.79 Å². The van der Waals surface area contributed by atoms with E-state index in [4.69, 9.17) is 0 Å². The molecule has 0 aliphatic rings. The maximum Gasteiger partial charge on any atom is 0.182 e. The predicted molar refractivity (Wildman–Crippen MR) is 27.2 cm³/mol. The van der Waals surface area contributed by atoms with E-state index < -0.39 is 0 Å². The minimum atomic E-state index is 0.00463. The molecular formula is C3H8BNO. The Morgan fingerprint density at radius 1 is 2.00 bits per heavy atom. The van der Waals surface area contributed by atoms with Crippen LogP contribution >= 0.6 is 0 Å². The molecule has 0 amide bonds. The summed E-state index contributed by atoms with van der Waals surface area (Å²) in [4.78, 5) is 9.67. The van der Waals surface area contributed by atoms with Crippen molar-refractivity contribution in [1.82, 2.24) is 5.23 Å². The summed E-state index contributed by atoms with van der Waals surface area (Å²) in [5.41, 5.74) is 0. The summed E-state index contributed by atoms with van der Waals surface area (Å²) in [5, 5.41) is 2.75. The molecule has 0 heterocycles. The van der Waals surface area contributed by atoms with Crippen molar-refractivity contribution in [2.45, 2.75) is 13.0 Å². The molecule has 1 atom stereocenters. The minimum absolute atomic E-state index is 0.00463. The average molecular weight is 84.9 g/mol. The van der Waals surface area contributed by atoms with E-state index in [0.717, 1.165) is 6.29 Å². The second kappa shape index (κ2) is 2.91. The maximum absolute atomic E-state index is 9.67. The van der Waals surface area contributed by atoms with Crippen LogP contribution in [0.15, 0.2) is 0 Å². The lowest BCUT2D eigenvalue weighted by Crippen LogP contribution is -2.23. The Bertz CT molecular complexity index is 48.1. The Balaban J connectivity index is 2.96. The van der Waals surface area contributed by atoms with Gasteiger partial charge in [0.2, 0.25) is 0 Å². The number of carbonyl (C=O) groups is 1. The highest BCUT2D eigenvalue weighted by atomic mass is 16.1. The summed E-state index contributed by atoms with van der Waals surface area (Å²) in [5.74, 6) is 0. The summed E-state index contributed by atoms with van der Waals surface area (Å²) in [7, 11) is 1.75. The molecule has 0 fully saturated rings. The lowest BCUT2D eigenvalue weighted by Gasteiger charge is -1.94. The lowest BCUT2D eigenvalue weighted by atomic mass is 10.3. The zero-order chi connectivity index (χ0) is 4.99. The van der Waals surface area contributed by atoms with Crippen LogP contribution in [-0.2, 0) is 4.79 Å². The Hall–Kier alpha value is -0.305. The second-order valence-corrected chi connectivity index (χ2v) is 1.21. The van der Waals surface area contributed by atoms with Crippen molar-refractivity contribution in [1.29, 1.82) is 0 Å². The Kier molecular flexibility index (Phi) is 2.76. The molecule has 0 aliphatic heterocycles. The van der Waals surface area contributed by atoms with E-state index in [2.05, 4.69) is 5.23 Å². The fraction of sp³-hybridized carbons (Fsp3) is 0.667. The first-order valence-corrected chi connectivity index (χ1v) is 1.94. The minimum Gasteiger partial charge on any atom is -0.354 e. The fourth-order valence-electron chi connectivity index (χ4n) is 0.0680. The second-order valence-electron chi connectivity index (χ2n) is 1.21. The largest absolute Gasteiger partial charge is 0.354 e. The van der Waals surface area contributed by atoms with Crippen LogP contribution < -0.4 is 5.23 Å².